The molecule has 2 aliphatic heterocycles. The molecule has 138 valence electrons. The predicted molar refractivity (Wildman–Crippen MR) is 99.5 cm³/mol. The topological polar surface area (TPSA) is 55.8 Å². The van der Waals surface area contributed by atoms with Crippen molar-refractivity contribution in [1.82, 2.24) is 15.1 Å². The minimum Gasteiger partial charge on any atom is -0.390 e. The van der Waals surface area contributed by atoms with Crippen LogP contribution in [0.15, 0.2) is 24.3 Å². The average molecular weight is 345 g/mol. The molecule has 1 aromatic carbocycles. The number of amides is 2. The quantitative estimate of drug-likeness (QED) is 0.881. The first-order valence-corrected chi connectivity index (χ1v) is 9.72. The SMILES string of the molecule is O=C(NCC(O)CN1CCc2ccccc2C1)N1CCCCCCC1. The van der Waals surface area contributed by atoms with Crippen LogP contribution in [-0.2, 0) is 13.0 Å². The molecule has 2 N–H and O–H groups in total. The fourth-order valence-electron chi connectivity index (χ4n) is 3.84. The van der Waals surface area contributed by atoms with E-state index in [1.807, 2.05) is 4.90 Å². The first-order chi connectivity index (χ1) is 12.2. The minimum absolute atomic E-state index is 0.0232. The number of fused-ring (bicyclic) bond motifs is 1. The van der Waals surface area contributed by atoms with Crippen molar-refractivity contribution in [2.45, 2.75) is 51.2 Å². The molecule has 1 unspecified atom stereocenters. The number of rotatable bonds is 4. The molecule has 1 saturated heterocycles. The number of nitrogens with zero attached hydrogens (tertiary/aromatic N) is 2. The third-order valence-electron chi connectivity index (χ3n) is 5.31. The van der Waals surface area contributed by atoms with Crippen molar-refractivity contribution in [3.05, 3.63) is 35.4 Å². The summed E-state index contributed by atoms with van der Waals surface area (Å²) in [5.41, 5.74) is 2.77. The first-order valence-electron chi connectivity index (χ1n) is 9.72. The van der Waals surface area contributed by atoms with Gasteiger partial charge in [0.05, 0.1) is 6.10 Å². The van der Waals surface area contributed by atoms with Crippen molar-refractivity contribution in [2.75, 3.05) is 32.7 Å². The lowest BCUT2D eigenvalue weighted by Gasteiger charge is -2.31. The zero-order valence-electron chi connectivity index (χ0n) is 15.1. The zero-order chi connectivity index (χ0) is 17.5. The van der Waals surface area contributed by atoms with Crippen LogP contribution in [0.2, 0.25) is 0 Å². The summed E-state index contributed by atoms with van der Waals surface area (Å²) >= 11 is 0. The van der Waals surface area contributed by atoms with E-state index in [-0.39, 0.29) is 6.03 Å². The van der Waals surface area contributed by atoms with E-state index in [1.54, 1.807) is 0 Å². The number of nitrogens with one attached hydrogen (secondary N) is 1. The highest BCUT2D eigenvalue weighted by atomic mass is 16.3. The fraction of sp³-hybridized carbons (Fsp3) is 0.650. The van der Waals surface area contributed by atoms with Gasteiger partial charge in [0.1, 0.15) is 0 Å². The highest BCUT2D eigenvalue weighted by Gasteiger charge is 2.20. The van der Waals surface area contributed by atoms with Gasteiger partial charge in [-0.05, 0) is 30.4 Å². The molecule has 2 amide bonds. The van der Waals surface area contributed by atoms with Gasteiger partial charge in [0.2, 0.25) is 0 Å². The second-order valence-electron chi connectivity index (χ2n) is 7.35. The summed E-state index contributed by atoms with van der Waals surface area (Å²) in [4.78, 5) is 16.5. The number of aliphatic hydroxyl groups excluding tert-OH is 1. The Hall–Kier alpha value is -1.59. The zero-order valence-corrected chi connectivity index (χ0v) is 15.1. The van der Waals surface area contributed by atoms with Gasteiger partial charge >= 0.3 is 6.03 Å². The Bertz CT molecular complexity index is 556. The van der Waals surface area contributed by atoms with Crippen molar-refractivity contribution < 1.29 is 9.90 Å². The molecule has 0 spiro atoms. The summed E-state index contributed by atoms with van der Waals surface area (Å²) in [7, 11) is 0. The number of β-amino-alcohol motifs (C(OH)–C–C–N with tert-alkyl or cyclic N) is 1. The molecule has 0 aliphatic carbocycles. The summed E-state index contributed by atoms with van der Waals surface area (Å²) in [6, 6.07) is 8.49. The van der Waals surface area contributed by atoms with Crippen LogP contribution in [0.3, 0.4) is 0 Å². The van der Waals surface area contributed by atoms with E-state index >= 15 is 0 Å². The van der Waals surface area contributed by atoms with Crippen molar-refractivity contribution in [2.24, 2.45) is 0 Å². The summed E-state index contributed by atoms with van der Waals surface area (Å²) in [5, 5.41) is 13.2. The van der Waals surface area contributed by atoms with Gasteiger partial charge in [-0.15, -0.1) is 0 Å². The number of benzene rings is 1. The molecular formula is C20H31N3O2. The number of urea groups is 1. The number of carbonyl (C=O) groups excluding carboxylic acids is 1. The molecular weight excluding hydrogens is 314 g/mol. The van der Waals surface area contributed by atoms with Crippen LogP contribution in [0.25, 0.3) is 0 Å². The van der Waals surface area contributed by atoms with Crippen LogP contribution in [0.1, 0.15) is 43.2 Å². The lowest BCUT2D eigenvalue weighted by atomic mass is 10.00. The van der Waals surface area contributed by atoms with Crippen LogP contribution in [0.4, 0.5) is 4.79 Å². The highest BCUT2D eigenvalue weighted by Crippen LogP contribution is 2.18. The normalized spacial score (nSPS) is 20.3. The van der Waals surface area contributed by atoms with Crippen LogP contribution >= 0.6 is 0 Å². The maximum atomic E-state index is 12.3. The molecule has 5 heteroatoms. The number of carbonyl (C=O) groups is 1. The lowest BCUT2D eigenvalue weighted by molar-refractivity contribution is 0.103. The smallest absolute Gasteiger partial charge is 0.317 e. The molecule has 1 atom stereocenters. The van der Waals surface area contributed by atoms with Crippen LogP contribution in [-0.4, -0.2) is 59.8 Å². The molecule has 5 nitrogen and oxygen atoms in total. The van der Waals surface area contributed by atoms with E-state index in [0.717, 1.165) is 45.4 Å². The molecule has 1 fully saturated rings. The summed E-state index contributed by atoms with van der Waals surface area (Å²) < 4.78 is 0. The van der Waals surface area contributed by atoms with E-state index in [2.05, 4.69) is 34.5 Å². The Morgan fingerprint density at radius 2 is 1.72 bits per heavy atom. The van der Waals surface area contributed by atoms with Crippen LogP contribution < -0.4 is 5.32 Å². The van der Waals surface area contributed by atoms with E-state index in [9.17, 15) is 9.90 Å². The largest absolute Gasteiger partial charge is 0.390 e. The van der Waals surface area contributed by atoms with Crippen LogP contribution in [0.5, 0.6) is 0 Å². The number of hydrogen-bond donors (Lipinski definition) is 2. The lowest BCUT2D eigenvalue weighted by Crippen LogP contribution is -2.46. The van der Waals surface area contributed by atoms with E-state index in [4.69, 9.17) is 0 Å². The Kier molecular flexibility index (Phi) is 6.70. The second-order valence-corrected chi connectivity index (χ2v) is 7.35. The van der Waals surface area contributed by atoms with Crippen molar-refractivity contribution in [3.63, 3.8) is 0 Å². The molecule has 3 rings (SSSR count). The van der Waals surface area contributed by atoms with Gasteiger partial charge in [0.15, 0.2) is 0 Å². The number of hydrogen-bond acceptors (Lipinski definition) is 3. The van der Waals surface area contributed by atoms with Gasteiger partial charge in [0, 0.05) is 39.3 Å². The van der Waals surface area contributed by atoms with E-state index < -0.39 is 6.10 Å². The molecule has 0 saturated carbocycles. The third-order valence-corrected chi connectivity index (χ3v) is 5.31. The molecule has 0 bridgehead atoms. The average Bonchev–Trinajstić information content (AvgIpc) is 2.59. The van der Waals surface area contributed by atoms with E-state index in [0.29, 0.717) is 13.1 Å². The molecule has 2 heterocycles. The predicted octanol–water partition coefficient (Wildman–Crippen LogP) is 2.38. The van der Waals surface area contributed by atoms with Gasteiger partial charge < -0.3 is 15.3 Å². The summed E-state index contributed by atoms with van der Waals surface area (Å²) in [6.07, 6.45) is 6.39. The number of likely N-dealkylation sites (tertiary alicyclic amines) is 1. The van der Waals surface area contributed by atoms with Crippen molar-refractivity contribution in [3.8, 4) is 0 Å². The fourth-order valence-corrected chi connectivity index (χ4v) is 3.84. The molecule has 2 aliphatic rings. The molecule has 25 heavy (non-hydrogen) atoms. The Morgan fingerprint density at radius 3 is 2.48 bits per heavy atom. The second kappa shape index (κ2) is 9.20. The Morgan fingerprint density at radius 1 is 1.04 bits per heavy atom. The van der Waals surface area contributed by atoms with E-state index in [1.165, 1.54) is 30.4 Å². The molecule has 0 radical (unpaired) electrons. The third kappa shape index (κ3) is 5.44. The first kappa shape index (κ1) is 18.2. The monoisotopic (exact) mass is 345 g/mol. The van der Waals surface area contributed by atoms with Gasteiger partial charge in [-0.3, -0.25) is 4.90 Å². The summed E-state index contributed by atoms with van der Waals surface area (Å²) in [6.45, 7) is 4.46. The molecule has 1 aromatic rings. The van der Waals surface area contributed by atoms with Crippen LogP contribution in [0, 0.1) is 0 Å². The standard InChI is InChI=1S/C20H31N3O2/c24-19(14-21-20(25)23-11-6-2-1-3-7-12-23)16-22-13-10-17-8-4-5-9-18(17)15-22/h4-5,8-9,19,24H,1-3,6-7,10-16H2,(H,21,25). The van der Waals surface area contributed by atoms with Crippen molar-refractivity contribution in [1.29, 1.82) is 0 Å². The Labute approximate surface area is 151 Å². The highest BCUT2D eigenvalue weighted by molar-refractivity contribution is 5.74. The maximum absolute atomic E-state index is 12.3. The Balaban J connectivity index is 1.40. The maximum Gasteiger partial charge on any atom is 0.317 e. The number of aliphatic hydroxyl groups is 1. The minimum atomic E-state index is -0.524. The van der Waals surface area contributed by atoms with Gasteiger partial charge in [-0.25, -0.2) is 4.79 Å². The van der Waals surface area contributed by atoms with Gasteiger partial charge in [-0.2, -0.15) is 0 Å². The molecule has 0 aromatic heterocycles. The van der Waals surface area contributed by atoms with Crippen molar-refractivity contribution >= 4 is 6.03 Å². The van der Waals surface area contributed by atoms with Gasteiger partial charge in [0.25, 0.3) is 0 Å². The summed E-state index contributed by atoms with van der Waals surface area (Å²) in [5.74, 6) is 0. The van der Waals surface area contributed by atoms with Gasteiger partial charge in [-0.1, -0.05) is 43.5 Å².